The van der Waals surface area contributed by atoms with Crippen molar-refractivity contribution in [1.82, 2.24) is 9.80 Å². The summed E-state index contributed by atoms with van der Waals surface area (Å²) >= 11 is 0. The first-order valence-corrected chi connectivity index (χ1v) is 9.40. The zero-order valence-corrected chi connectivity index (χ0v) is 16.8. The van der Waals surface area contributed by atoms with Crippen LogP contribution in [-0.2, 0) is 4.79 Å². The third-order valence-electron chi connectivity index (χ3n) is 5.27. The molecule has 0 saturated carbocycles. The Hall–Kier alpha value is -2.60. The van der Waals surface area contributed by atoms with Crippen LogP contribution in [0.2, 0.25) is 0 Å². The van der Waals surface area contributed by atoms with Crippen molar-refractivity contribution in [2.75, 3.05) is 34.9 Å². The lowest BCUT2D eigenvalue weighted by Gasteiger charge is -2.33. The quantitative estimate of drug-likeness (QED) is 0.757. The maximum Gasteiger partial charge on any atom is 0.245 e. The monoisotopic (exact) mass is 386 g/mol. The molecule has 1 saturated heterocycles. The lowest BCUT2D eigenvalue weighted by molar-refractivity contribution is -0.137. The fourth-order valence-corrected chi connectivity index (χ4v) is 3.91. The van der Waals surface area contributed by atoms with E-state index < -0.39 is 6.04 Å². The van der Waals surface area contributed by atoms with Crippen molar-refractivity contribution in [2.45, 2.75) is 24.9 Å². The molecule has 0 spiro atoms. The first-order chi connectivity index (χ1) is 13.5. The molecule has 6 heteroatoms. The lowest BCUT2D eigenvalue weighted by atomic mass is 10.0. The van der Waals surface area contributed by atoms with E-state index in [-0.39, 0.29) is 17.8 Å². The van der Waals surface area contributed by atoms with E-state index in [1.54, 1.807) is 26.4 Å². The van der Waals surface area contributed by atoms with Gasteiger partial charge in [-0.3, -0.25) is 9.69 Å². The molecule has 2 aromatic carbocycles. The molecule has 1 aliphatic heterocycles. The van der Waals surface area contributed by atoms with Crippen LogP contribution in [0.3, 0.4) is 0 Å². The molecule has 0 bridgehead atoms. The van der Waals surface area contributed by atoms with Crippen LogP contribution in [0.4, 0.5) is 4.39 Å². The van der Waals surface area contributed by atoms with Crippen LogP contribution in [0.15, 0.2) is 42.5 Å². The van der Waals surface area contributed by atoms with Crippen molar-refractivity contribution >= 4 is 5.91 Å². The molecule has 2 atom stereocenters. The molecular formula is C22H27FN2O3. The highest BCUT2D eigenvalue weighted by Gasteiger charge is 2.36. The predicted octanol–water partition coefficient (Wildman–Crippen LogP) is 3.81. The van der Waals surface area contributed by atoms with Gasteiger partial charge in [-0.1, -0.05) is 12.1 Å². The van der Waals surface area contributed by atoms with E-state index in [2.05, 4.69) is 0 Å². The maximum absolute atomic E-state index is 13.5. The standard InChI is InChI=1S/C22H27FN2O3/c1-24(2)21(15-7-9-16(23)10-8-15)22(26)25-13-5-6-19(25)18-12-11-17(27-3)14-20(18)28-4/h7-12,14,19,21H,5-6,13H2,1-4H3. The first kappa shape index (κ1) is 20.1. The predicted molar refractivity (Wildman–Crippen MR) is 106 cm³/mol. The van der Waals surface area contributed by atoms with Gasteiger partial charge in [0.2, 0.25) is 5.91 Å². The molecule has 5 nitrogen and oxygen atoms in total. The Morgan fingerprint density at radius 3 is 2.46 bits per heavy atom. The summed E-state index contributed by atoms with van der Waals surface area (Å²) in [7, 11) is 6.97. The average molecular weight is 386 g/mol. The highest BCUT2D eigenvalue weighted by Crippen LogP contribution is 2.40. The molecular weight excluding hydrogens is 359 g/mol. The second-order valence-corrected chi connectivity index (χ2v) is 7.22. The minimum Gasteiger partial charge on any atom is -0.497 e. The summed E-state index contributed by atoms with van der Waals surface area (Å²) < 4.78 is 24.2. The lowest BCUT2D eigenvalue weighted by Crippen LogP contribution is -2.40. The van der Waals surface area contributed by atoms with Gasteiger partial charge < -0.3 is 14.4 Å². The van der Waals surface area contributed by atoms with Gasteiger partial charge in [0.1, 0.15) is 23.4 Å². The smallest absolute Gasteiger partial charge is 0.245 e. The van der Waals surface area contributed by atoms with Gasteiger partial charge in [-0.15, -0.1) is 0 Å². The number of nitrogens with zero attached hydrogens (tertiary/aromatic N) is 2. The van der Waals surface area contributed by atoms with Crippen molar-refractivity contribution in [3.63, 3.8) is 0 Å². The fraction of sp³-hybridized carbons (Fsp3) is 0.409. The van der Waals surface area contributed by atoms with Crippen LogP contribution in [-0.4, -0.2) is 50.6 Å². The van der Waals surface area contributed by atoms with Gasteiger partial charge in [0.15, 0.2) is 0 Å². The van der Waals surface area contributed by atoms with Crippen LogP contribution in [0.25, 0.3) is 0 Å². The van der Waals surface area contributed by atoms with Crippen molar-refractivity contribution < 1.29 is 18.7 Å². The summed E-state index contributed by atoms with van der Waals surface area (Å²) in [5.41, 5.74) is 1.76. The first-order valence-electron chi connectivity index (χ1n) is 9.40. The Labute approximate surface area is 165 Å². The third kappa shape index (κ3) is 3.97. The third-order valence-corrected chi connectivity index (χ3v) is 5.27. The number of methoxy groups -OCH3 is 2. The second kappa shape index (κ2) is 8.61. The molecule has 1 amide bonds. The van der Waals surface area contributed by atoms with Gasteiger partial charge in [-0.2, -0.15) is 0 Å². The van der Waals surface area contributed by atoms with E-state index in [4.69, 9.17) is 9.47 Å². The van der Waals surface area contributed by atoms with E-state index in [9.17, 15) is 9.18 Å². The molecule has 0 aliphatic carbocycles. The molecule has 150 valence electrons. The fourth-order valence-electron chi connectivity index (χ4n) is 3.91. The molecule has 0 radical (unpaired) electrons. The number of likely N-dealkylation sites (N-methyl/N-ethyl adjacent to an activating group) is 1. The number of carbonyl (C=O) groups excluding carboxylic acids is 1. The number of carbonyl (C=O) groups is 1. The molecule has 28 heavy (non-hydrogen) atoms. The van der Waals surface area contributed by atoms with Crippen LogP contribution in [0, 0.1) is 5.82 Å². The minimum absolute atomic E-state index is 0.0111. The molecule has 0 N–H and O–H groups in total. The Kier molecular flexibility index (Phi) is 6.19. The number of amides is 1. The van der Waals surface area contributed by atoms with Crippen molar-refractivity contribution in [3.05, 3.63) is 59.4 Å². The van der Waals surface area contributed by atoms with Gasteiger partial charge in [-0.25, -0.2) is 4.39 Å². The number of rotatable bonds is 6. The summed E-state index contributed by atoms with van der Waals surface area (Å²) in [5.74, 6) is 1.13. The van der Waals surface area contributed by atoms with Crippen LogP contribution >= 0.6 is 0 Å². The van der Waals surface area contributed by atoms with Gasteiger partial charge in [0.25, 0.3) is 0 Å². The number of ether oxygens (including phenoxy) is 2. The Bertz CT molecular complexity index is 823. The average Bonchev–Trinajstić information content (AvgIpc) is 3.18. The van der Waals surface area contributed by atoms with Gasteiger partial charge in [0, 0.05) is 18.2 Å². The Morgan fingerprint density at radius 2 is 1.86 bits per heavy atom. The highest BCUT2D eigenvalue weighted by molar-refractivity contribution is 5.84. The zero-order valence-electron chi connectivity index (χ0n) is 16.8. The summed E-state index contributed by atoms with van der Waals surface area (Å²) in [6.07, 6.45) is 1.80. The largest absolute Gasteiger partial charge is 0.497 e. The summed E-state index contributed by atoms with van der Waals surface area (Å²) in [6.45, 7) is 0.685. The van der Waals surface area contributed by atoms with Crippen molar-refractivity contribution in [1.29, 1.82) is 0 Å². The Morgan fingerprint density at radius 1 is 1.14 bits per heavy atom. The molecule has 1 heterocycles. The number of benzene rings is 2. The topological polar surface area (TPSA) is 42.0 Å². The summed E-state index contributed by atoms with van der Waals surface area (Å²) in [6, 6.07) is 11.3. The van der Waals surface area contributed by atoms with E-state index in [1.165, 1.54) is 12.1 Å². The molecule has 1 fully saturated rings. The van der Waals surface area contributed by atoms with Crippen LogP contribution < -0.4 is 9.47 Å². The van der Waals surface area contributed by atoms with Crippen molar-refractivity contribution in [3.8, 4) is 11.5 Å². The van der Waals surface area contributed by atoms with Crippen LogP contribution in [0.1, 0.15) is 36.1 Å². The van der Waals surface area contributed by atoms with E-state index in [1.807, 2.05) is 42.1 Å². The molecule has 0 aromatic heterocycles. The highest BCUT2D eigenvalue weighted by atomic mass is 19.1. The number of hydrogen-bond donors (Lipinski definition) is 0. The minimum atomic E-state index is -0.467. The number of hydrogen-bond acceptors (Lipinski definition) is 4. The Balaban J connectivity index is 1.92. The van der Waals surface area contributed by atoms with E-state index in [0.717, 1.165) is 24.0 Å². The maximum atomic E-state index is 13.5. The second-order valence-electron chi connectivity index (χ2n) is 7.22. The van der Waals surface area contributed by atoms with Crippen LogP contribution in [0.5, 0.6) is 11.5 Å². The van der Waals surface area contributed by atoms with E-state index >= 15 is 0 Å². The van der Waals surface area contributed by atoms with Crippen molar-refractivity contribution in [2.24, 2.45) is 0 Å². The molecule has 1 aliphatic rings. The van der Waals surface area contributed by atoms with Gasteiger partial charge in [-0.05, 0) is 56.8 Å². The van der Waals surface area contributed by atoms with E-state index in [0.29, 0.717) is 18.0 Å². The molecule has 3 rings (SSSR count). The SMILES string of the molecule is COc1ccc(C2CCCN2C(=O)C(c2ccc(F)cc2)N(C)C)c(OC)c1. The normalized spacial score (nSPS) is 17.6. The summed E-state index contributed by atoms with van der Waals surface area (Å²) in [5, 5.41) is 0. The number of halogens is 1. The summed E-state index contributed by atoms with van der Waals surface area (Å²) in [4.78, 5) is 17.3. The number of likely N-dealkylation sites (tertiary alicyclic amines) is 1. The molecule has 2 unspecified atom stereocenters. The van der Waals surface area contributed by atoms with Gasteiger partial charge in [0.05, 0.1) is 20.3 Å². The van der Waals surface area contributed by atoms with Gasteiger partial charge >= 0.3 is 0 Å². The zero-order chi connectivity index (χ0) is 20.3. The molecule has 2 aromatic rings.